The number of carbonyl (C=O) groups excluding carboxylic acids is 1. The fourth-order valence-corrected chi connectivity index (χ4v) is 1.25. The summed E-state index contributed by atoms with van der Waals surface area (Å²) in [5, 5.41) is 2.34. The fourth-order valence-electron chi connectivity index (χ4n) is 1.25. The first-order valence-electron chi connectivity index (χ1n) is 5.39. The zero-order valence-electron chi connectivity index (χ0n) is 10.5. The van der Waals surface area contributed by atoms with E-state index in [-0.39, 0.29) is 5.69 Å². The fraction of sp³-hybridized carbons (Fsp3) is 0.250. The Balaban J connectivity index is 2.95. The smallest absolute Gasteiger partial charge is 0.449 e. The molecule has 116 valence electrons. The number of ether oxygens (including phenoxy) is 1. The van der Waals surface area contributed by atoms with Crippen LogP contribution in [0.5, 0.6) is 5.75 Å². The molecule has 0 aliphatic carbocycles. The standard InChI is InChI=1S/C12H9F6NO2/c1-7(20)19-8-2-4-9(5-3-8)21-10(12(16,17)18)6-11(13,14)15/h2-6H,1H3,(H,19,20). The predicted octanol–water partition coefficient (Wildman–Crippen LogP) is 4.03. The number of alkyl halides is 6. The highest BCUT2D eigenvalue weighted by molar-refractivity contribution is 5.88. The Kier molecular flexibility index (Phi) is 4.87. The average Bonchev–Trinajstić information content (AvgIpc) is 2.27. The van der Waals surface area contributed by atoms with Crippen LogP contribution in [0.4, 0.5) is 32.0 Å². The number of amides is 1. The molecule has 1 aromatic rings. The molecule has 0 aliphatic heterocycles. The van der Waals surface area contributed by atoms with Crippen molar-refractivity contribution in [3.8, 4) is 5.75 Å². The zero-order chi connectivity index (χ0) is 16.3. The van der Waals surface area contributed by atoms with Crippen LogP contribution in [0.25, 0.3) is 0 Å². The molecule has 1 rings (SSSR count). The molecule has 0 saturated heterocycles. The molecule has 21 heavy (non-hydrogen) atoms. The Hall–Kier alpha value is -2.19. The van der Waals surface area contributed by atoms with Crippen molar-refractivity contribution in [2.75, 3.05) is 5.32 Å². The topological polar surface area (TPSA) is 38.3 Å². The highest BCUT2D eigenvalue weighted by Gasteiger charge is 2.41. The number of carbonyl (C=O) groups is 1. The lowest BCUT2D eigenvalue weighted by Crippen LogP contribution is -2.20. The van der Waals surface area contributed by atoms with Crippen molar-refractivity contribution in [2.45, 2.75) is 19.3 Å². The van der Waals surface area contributed by atoms with Crippen LogP contribution in [-0.2, 0) is 4.79 Å². The van der Waals surface area contributed by atoms with Crippen LogP contribution < -0.4 is 10.1 Å². The van der Waals surface area contributed by atoms with E-state index >= 15 is 0 Å². The van der Waals surface area contributed by atoms with E-state index < -0.39 is 35.8 Å². The molecule has 9 heteroatoms. The molecule has 0 radical (unpaired) electrons. The molecule has 0 bridgehead atoms. The van der Waals surface area contributed by atoms with Gasteiger partial charge in [0.1, 0.15) is 5.75 Å². The van der Waals surface area contributed by atoms with E-state index in [1.165, 1.54) is 19.1 Å². The lowest BCUT2D eigenvalue weighted by molar-refractivity contribution is -0.128. The number of halogens is 6. The average molecular weight is 313 g/mol. The molecular weight excluding hydrogens is 304 g/mol. The van der Waals surface area contributed by atoms with Crippen LogP contribution in [0.1, 0.15) is 6.92 Å². The van der Waals surface area contributed by atoms with Gasteiger partial charge in [-0.2, -0.15) is 26.3 Å². The van der Waals surface area contributed by atoms with Gasteiger partial charge in [0.25, 0.3) is 0 Å². The Morgan fingerprint density at radius 3 is 2.00 bits per heavy atom. The van der Waals surface area contributed by atoms with Crippen molar-refractivity contribution >= 4 is 11.6 Å². The summed E-state index contributed by atoms with van der Waals surface area (Å²) in [4.78, 5) is 10.7. The van der Waals surface area contributed by atoms with E-state index in [1.807, 2.05) is 0 Å². The van der Waals surface area contributed by atoms with Gasteiger partial charge in [-0.15, -0.1) is 0 Å². The first kappa shape index (κ1) is 16.9. The van der Waals surface area contributed by atoms with Gasteiger partial charge in [0, 0.05) is 12.6 Å². The number of allylic oxidation sites excluding steroid dienone is 2. The van der Waals surface area contributed by atoms with Gasteiger partial charge in [-0.3, -0.25) is 4.79 Å². The summed E-state index contributed by atoms with van der Waals surface area (Å²) in [5.74, 6) is -3.03. The molecule has 0 aromatic heterocycles. The number of hydrogen-bond donors (Lipinski definition) is 1. The molecule has 0 fully saturated rings. The highest BCUT2D eigenvalue weighted by Crippen LogP contribution is 2.32. The van der Waals surface area contributed by atoms with Gasteiger partial charge in [-0.05, 0) is 24.3 Å². The summed E-state index contributed by atoms with van der Waals surface area (Å²) in [5.41, 5.74) is 0.267. The van der Waals surface area contributed by atoms with Gasteiger partial charge in [-0.1, -0.05) is 0 Å². The monoisotopic (exact) mass is 313 g/mol. The number of nitrogens with one attached hydrogen (secondary N) is 1. The normalized spacial score (nSPS) is 13.0. The van der Waals surface area contributed by atoms with Gasteiger partial charge in [-0.25, -0.2) is 0 Å². The summed E-state index contributed by atoms with van der Waals surface area (Å²) < 4.78 is 77.7. The zero-order valence-corrected chi connectivity index (χ0v) is 10.5. The van der Waals surface area contributed by atoms with Gasteiger partial charge >= 0.3 is 12.4 Å². The molecule has 0 unspecified atom stereocenters. The minimum absolute atomic E-state index is 0.267. The minimum atomic E-state index is -5.29. The maximum Gasteiger partial charge on any atom is 0.449 e. The number of hydrogen-bond acceptors (Lipinski definition) is 2. The molecule has 0 spiro atoms. The maximum absolute atomic E-state index is 12.4. The van der Waals surface area contributed by atoms with Crippen LogP contribution in [0.2, 0.25) is 0 Å². The van der Waals surface area contributed by atoms with Crippen molar-refractivity contribution in [2.24, 2.45) is 0 Å². The second kappa shape index (κ2) is 6.06. The van der Waals surface area contributed by atoms with Gasteiger partial charge in [0.15, 0.2) is 0 Å². The Morgan fingerprint density at radius 2 is 1.62 bits per heavy atom. The SMILES string of the molecule is CC(=O)Nc1ccc(OC(=CC(F)(F)F)C(F)(F)F)cc1. The third-order valence-electron chi connectivity index (χ3n) is 1.98. The molecule has 0 atom stereocenters. The Bertz CT molecular complexity index is 530. The van der Waals surface area contributed by atoms with Crippen molar-refractivity contribution in [1.29, 1.82) is 0 Å². The molecular formula is C12H9F6NO2. The van der Waals surface area contributed by atoms with Crippen LogP contribution in [-0.4, -0.2) is 18.3 Å². The molecule has 0 aliphatic rings. The van der Waals surface area contributed by atoms with Gasteiger partial charge in [0.2, 0.25) is 11.7 Å². The predicted molar refractivity (Wildman–Crippen MR) is 61.6 cm³/mol. The second-order valence-electron chi connectivity index (χ2n) is 3.86. The largest absolute Gasteiger partial charge is 0.452 e. The summed E-state index contributed by atoms with van der Waals surface area (Å²) >= 11 is 0. The maximum atomic E-state index is 12.4. The van der Waals surface area contributed by atoms with E-state index in [4.69, 9.17) is 0 Å². The van der Waals surface area contributed by atoms with Crippen molar-refractivity contribution in [3.05, 3.63) is 36.1 Å². The van der Waals surface area contributed by atoms with Gasteiger partial charge < -0.3 is 10.1 Å². The summed E-state index contributed by atoms with van der Waals surface area (Å²) in [6.45, 7) is 1.22. The van der Waals surface area contributed by atoms with E-state index in [0.29, 0.717) is 0 Å². The van der Waals surface area contributed by atoms with E-state index in [9.17, 15) is 31.1 Å². The lowest BCUT2D eigenvalue weighted by Gasteiger charge is -2.14. The van der Waals surface area contributed by atoms with E-state index in [0.717, 1.165) is 12.1 Å². The third-order valence-corrected chi connectivity index (χ3v) is 1.98. The quantitative estimate of drug-likeness (QED) is 0.676. The van der Waals surface area contributed by atoms with E-state index in [1.54, 1.807) is 0 Å². The van der Waals surface area contributed by atoms with Crippen molar-refractivity contribution in [1.82, 2.24) is 0 Å². The van der Waals surface area contributed by atoms with Crippen molar-refractivity contribution < 1.29 is 35.9 Å². The minimum Gasteiger partial charge on any atom is -0.452 e. The number of rotatable bonds is 3. The Morgan fingerprint density at radius 1 is 1.10 bits per heavy atom. The first-order valence-corrected chi connectivity index (χ1v) is 5.39. The molecule has 0 heterocycles. The van der Waals surface area contributed by atoms with Crippen molar-refractivity contribution in [3.63, 3.8) is 0 Å². The molecule has 1 aromatic carbocycles. The second-order valence-corrected chi connectivity index (χ2v) is 3.86. The molecule has 0 saturated carbocycles. The summed E-state index contributed by atoms with van der Waals surface area (Å²) in [6, 6.07) is 4.39. The van der Waals surface area contributed by atoms with Crippen LogP contribution >= 0.6 is 0 Å². The van der Waals surface area contributed by atoms with Crippen LogP contribution in [0.15, 0.2) is 36.1 Å². The van der Waals surface area contributed by atoms with E-state index in [2.05, 4.69) is 10.1 Å². The molecule has 3 nitrogen and oxygen atoms in total. The molecule has 1 N–H and O–H groups in total. The lowest BCUT2D eigenvalue weighted by atomic mass is 10.3. The highest BCUT2D eigenvalue weighted by atomic mass is 19.4. The van der Waals surface area contributed by atoms with Crippen LogP contribution in [0, 0.1) is 0 Å². The third kappa shape index (κ3) is 6.19. The summed E-state index contributed by atoms with van der Waals surface area (Å²) in [6.07, 6.45) is -11.4. The first-order chi connectivity index (χ1) is 9.47. The Labute approximate surface area is 115 Å². The van der Waals surface area contributed by atoms with Crippen LogP contribution in [0.3, 0.4) is 0 Å². The van der Waals surface area contributed by atoms with Gasteiger partial charge in [0.05, 0.1) is 6.08 Å². The number of anilines is 1. The molecule has 1 amide bonds. The summed E-state index contributed by atoms with van der Waals surface area (Å²) in [7, 11) is 0. The number of benzene rings is 1.